The molecule has 1 aliphatic rings. The number of rotatable bonds is 6. The van der Waals surface area contributed by atoms with Gasteiger partial charge in [0.1, 0.15) is 6.04 Å². The van der Waals surface area contributed by atoms with Crippen molar-refractivity contribution in [3.8, 4) is 0 Å². The molecule has 1 saturated heterocycles. The summed E-state index contributed by atoms with van der Waals surface area (Å²) in [6.07, 6.45) is -4.37. The molecule has 0 bridgehead atoms. The summed E-state index contributed by atoms with van der Waals surface area (Å²) >= 11 is 0. The lowest BCUT2D eigenvalue weighted by Gasteiger charge is -2.37. The van der Waals surface area contributed by atoms with E-state index in [0.717, 1.165) is 31.8 Å². The number of halogens is 3. The number of benzene rings is 2. The second-order valence-electron chi connectivity index (χ2n) is 8.03. The van der Waals surface area contributed by atoms with Crippen LogP contribution < -0.4 is 5.32 Å². The number of piperazine rings is 1. The Bertz CT molecular complexity index is 814. The first-order chi connectivity index (χ1) is 14.2. The van der Waals surface area contributed by atoms with Crippen molar-refractivity contribution in [2.45, 2.75) is 32.6 Å². The van der Waals surface area contributed by atoms with Crippen LogP contribution in [-0.2, 0) is 17.5 Å². The predicted octanol–water partition coefficient (Wildman–Crippen LogP) is 4.49. The van der Waals surface area contributed by atoms with Gasteiger partial charge in [0.25, 0.3) is 0 Å². The molecule has 1 atom stereocenters. The second kappa shape index (κ2) is 9.51. The third-order valence-corrected chi connectivity index (χ3v) is 5.40. The Morgan fingerprint density at radius 3 is 2.10 bits per heavy atom. The Hall–Kier alpha value is -2.54. The average molecular weight is 419 g/mol. The monoisotopic (exact) mass is 419 g/mol. The van der Waals surface area contributed by atoms with Crippen LogP contribution in [0.2, 0.25) is 0 Å². The van der Waals surface area contributed by atoms with Crippen LogP contribution in [0.5, 0.6) is 0 Å². The topological polar surface area (TPSA) is 35.6 Å². The molecule has 0 spiro atoms. The minimum atomic E-state index is -4.37. The number of amides is 1. The van der Waals surface area contributed by atoms with Crippen molar-refractivity contribution >= 4 is 11.6 Å². The molecule has 1 amide bonds. The van der Waals surface area contributed by atoms with Gasteiger partial charge in [0.2, 0.25) is 5.91 Å². The largest absolute Gasteiger partial charge is 0.416 e. The Morgan fingerprint density at radius 1 is 0.967 bits per heavy atom. The number of anilines is 1. The molecule has 3 rings (SSSR count). The van der Waals surface area contributed by atoms with Gasteiger partial charge in [-0.15, -0.1) is 0 Å². The molecule has 1 N–H and O–H groups in total. The van der Waals surface area contributed by atoms with Gasteiger partial charge in [-0.1, -0.05) is 44.2 Å². The van der Waals surface area contributed by atoms with E-state index in [-0.39, 0.29) is 11.8 Å². The van der Waals surface area contributed by atoms with Crippen LogP contribution in [0, 0.1) is 5.92 Å². The molecule has 2 aromatic rings. The highest BCUT2D eigenvalue weighted by atomic mass is 19.4. The van der Waals surface area contributed by atoms with Crippen molar-refractivity contribution in [3.05, 3.63) is 65.7 Å². The molecule has 1 fully saturated rings. The number of hydrogen-bond acceptors (Lipinski definition) is 3. The minimum Gasteiger partial charge on any atom is -0.373 e. The summed E-state index contributed by atoms with van der Waals surface area (Å²) in [5, 5.41) is 3.13. The highest BCUT2D eigenvalue weighted by Gasteiger charge is 2.31. The maximum absolute atomic E-state index is 13.1. The highest BCUT2D eigenvalue weighted by Crippen LogP contribution is 2.30. The van der Waals surface area contributed by atoms with Crippen molar-refractivity contribution < 1.29 is 18.0 Å². The lowest BCUT2D eigenvalue weighted by atomic mass is 10.0. The van der Waals surface area contributed by atoms with E-state index in [1.54, 1.807) is 0 Å². The third kappa shape index (κ3) is 5.75. The molecule has 162 valence electrons. The molecule has 2 aromatic carbocycles. The summed E-state index contributed by atoms with van der Waals surface area (Å²) < 4.78 is 38.3. The highest BCUT2D eigenvalue weighted by molar-refractivity contribution is 5.85. The van der Waals surface area contributed by atoms with Crippen LogP contribution in [0.1, 0.15) is 25.0 Å². The Balaban J connectivity index is 1.58. The van der Waals surface area contributed by atoms with Crippen LogP contribution in [0.25, 0.3) is 0 Å². The van der Waals surface area contributed by atoms with Crippen molar-refractivity contribution in [1.82, 2.24) is 9.80 Å². The van der Waals surface area contributed by atoms with Crippen molar-refractivity contribution in [2.75, 3.05) is 31.5 Å². The van der Waals surface area contributed by atoms with E-state index in [4.69, 9.17) is 0 Å². The van der Waals surface area contributed by atoms with Gasteiger partial charge in [0.15, 0.2) is 0 Å². The van der Waals surface area contributed by atoms with Gasteiger partial charge in [-0.3, -0.25) is 9.69 Å². The van der Waals surface area contributed by atoms with E-state index >= 15 is 0 Å². The molecule has 0 aliphatic carbocycles. The molecule has 7 heteroatoms. The van der Waals surface area contributed by atoms with Crippen molar-refractivity contribution in [3.63, 3.8) is 0 Å². The Kier molecular flexibility index (Phi) is 7.02. The first kappa shape index (κ1) is 22.2. The lowest BCUT2D eigenvalue weighted by Crippen LogP contribution is -2.53. The average Bonchev–Trinajstić information content (AvgIpc) is 2.72. The van der Waals surface area contributed by atoms with Crippen molar-refractivity contribution in [2.24, 2.45) is 5.92 Å². The van der Waals surface area contributed by atoms with Gasteiger partial charge in [-0.05, 0) is 35.7 Å². The van der Waals surface area contributed by atoms with Gasteiger partial charge >= 0.3 is 6.18 Å². The number of nitrogens with one attached hydrogen (secondary N) is 1. The number of alkyl halides is 3. The molecular formula is C23H28F3N3O. The zero-order chi connectivity index (χ0) is 21.7. The van der Waals surface area contributed by atoms with Crippen LogP contribution in [-0.4, -0.2) is 47.9 Å². The molecule has 0 aromatic heterocycles. The summed E-state index contributed by atoms with van der Waals surface area (Å²) in [6, 6.07) is 14.6. The summed E-state index contributed by atoms with van der Waals surface area (Å²) in [7, 11) is 0. The molecule has 4 nitrogen and oxygen atoms in total. The SMILES string of the molecule is CC(C)[C@@H](Nc1ccc(C(F)(F)F)cc1)C(=O)N1CCN(Cc2ccccc2)CC1. The fourth-order valence-corrected chi connectivity index (χ4v) is 3.61. The fourth-order valence-electron chi connectivity index (χ4n) is 3.61. The number of nitrogens with zero attached hydrogens (tertiary/aromatic N) is 2. The zero-order valence-electron chi connectivity index (χ0n) is 17.3. The minimum absolute atomic E-state index is 0.00198. The molecule has 0 saturated carbocycles. The van der Waals surface area contributed by atoms with Crippen molar-refractivity contribution in [1.29, 1.82) is 0 Å². The van der Waals surface area contributed by atoms with Crippen LogP contribution in [0.3, 0.4) is 0 Å². The van der Waals surface area contributed by atoms with E-state index in [9.17, 15) is 18.0 Å². The predicted molar refractivity (Wildman–Crippen MR) is 112 cm³/mol. The normalized spacial score (nSPS) is 16.5. The maximum atomic E-state index is 13.1. The molecule has 0 radical (unpaired) electrons. The summed E-state index contributed by atoms with van der Waals surface area (Å²) in [6.45, 7) is 7.61. The number of carbonyl (C=O) groups excluding carboxylic acids is 1. The fraction of sp³-hybridized carbons (Fsp3) is 0.435. The van der Waals surface area contributed by atoms with Crippen LogP contribution >= 0.6 is 0 Å². The summed E-state index contributed by atoms with van der Waals surface area (Å²) in [5.74, 6) is -0.00796. The van der Waals surface area contributed by atoms with E-state index < -0.39 is 17.8 Å². The van der Waals surface area contributed by atoms with Gasteiger partial charge in [0.05, 0.1) is 5.56 Å². The van der Waals surface area contributed by atoms with E-state index in [1.807, 2.05) is 36.9 Å². The Labute approximate surface area is 175 Å². The molecular weight excluding hydrogens is 391 g/mol. The van der Waals surface area contributed by atoms with Gasteiger partial charge in [-0.2, -0.15) is 13.2 Å². The van der Waals surface area contributed by atoms with Crippen LogP contribution in [0.4, 0.5) is 18.9 Å². The maximum Gasteiger partial charge on any atom is 0.416 e. The third-order valence-electron chi connectivity index (χ3n) is 5.40. The van der Waals surface area contributed by atoms with E-state index in [1.165, 1.54) is 17.7 Å². The molecule has 0 unspecified atom stereocenters. The Morgan fingerprint density at radius 2 is 1.57 bits per heavy atom. The lowest BCUT2D eigenvalue weighted by molar-refractivity contribution is -0.137. The smallest absolute Gasteiger partial charge is 0.373 e. The molecule has 1 aliphatic heterocycles. The first-order valence-electron chi connectivity index (χ1n) is 10.2. The molecule has 30 heavy (non-hydrogen) atoms. The molecule has 1 heterocycles. The van der Waals surface area contributed by atoms with Gasteiger partial charge in [0, 0.05) is 38.4 Å². The van der Waals surface area contributed by atoms with E-state index in [0.29, 0.717) is 18.8 Å². The van der Waals surface area contributed by atoms with E-state index in [2.05, 4.69) is 22.3 Å². The number of carbonyl (C=O) groups is 1. The van der Waals surface area contributed by atoms with Crippen LogP contribution in [0.15, 0.2) is 54.6 Å². The van der Waals surface area contributed by atoms with Gasteiger partial charge in [-0.25, -0.2) is 0 Å². The zero-order valence-corrected chi connectivity index (χ0v) is 17.3. The second-order valence-corrected chi connectivity index (χ2v) is 8.03. The first-order valence-corrected chi connectivity index (χ1v) is 10.2. The summed E-state index contributed by atoms with van der Waals surface area (Å²) in [5.41, 5.74) is 1.06. The van der Waals surface area contributed by atoms with Gasteiger partial charge < -0.3 is 10.2 Å². The summed E-state index contributed by atoms with van der Waals surface area (Å²) in [4.78, 5) is 17.3. The number of hydrogen-bond donors (Lipinski definition) is 1. The quantitative estimate of drug-likeness (QED) is 0.750. The standard InChI is InChI=1S/C23H28F3N3O/c1-17(2)21(27-20-10-8-19(9-11-20)23(24,25)26)22(30)29-14-12-28(13-15-29)16-18-6-4-3-5-7-18/h3-11,17,21,27H,12-16H2,1-2H3/t21-/m1/s1.